The van der Waals surface area contributed by atoms with Crippen LogP contribution in [0.3, 0.4) is 0 Å². The van der Waals surface area contributed by atoms with Crippen LogP contribution in [0.2, 0.25) is 0 Å². The summed E-state index contributed by atoms with van der Waals surface area (Å²) in [5.41, 5.74) is 5.66. The summed E-state index contributed by atoms with van der Waals surface area (Å²) in [5, 5.41) is 6.93. The van der Waals surface area contributed by atoms with Crippen molar-refractivity contribution in [3.8, 4) is 0 Å². The molecule has 0 fully saturated rings. The maximum atomic E-state index is 12.3. The van der Waals surface area contributed by atoms with Crippen molar-refractivity contribution >= 4 is 11.8 Å². The summed E-state index contributed by atoms with van der Waals surface area (Å²) >= 11 is 0. The van der Waals surface area contributed by atoms with Crippen LogP contribution in [0.25, 0.3) is 0 Å². The summed E-state index contributed by atoms with van der Waals surface area (Å²) in [7, 11) is 1.62. The molecule has 3 N–H and O–H groups in total. The van der Waals surface area contributed by atoms with Crippen molar-refractivity contribution in [2.24, 2.45) is 5.73 Å². The van der Waals surface area contributed by atoms with Gasteiger partial charge in [-0.3, -0.25) is 14.3 Å². The zero-order valence-corrected chi connectivity index (χ0v) is 13.7. The Morgan fingerprint density at radius 2 is 2.18 bits per heavy atom. The van der Waals surface area contributed by atoms with Crippen molar-refractivity contribution < 1.29 is 9.59 Å². The number of hydrogen-bond acceptors (Lipinski definition) is 4. The van der Waals surface area contributed by atoms with E-state index in [-0.39, 0.29) is 24.4 Å². The molecule has 2 amide bonds. The standard InChI is InChI=1S/C15H27N5O2/c1-4-5-7-13(10-16)18-14(21)11-19(3)15(22)12(2)20-9-6-8-17-20/h6,8-9,12-13H,4-5,7,10-11,16H2,1-3H3,(H,18,21). The molecular formula is C15H27N5O2. The van der Waals surface area contributed by atoms with Crippen LogP contribution in [0, 0.1) is 0 Å². The molecule has 0 saturated heterocycles. The van der Waals surface area contributed by atoms with Crippen molar-refractivity contribution in [3.63, 3.8) is 0 Å². The Labute approximate surface area is 131 Å². The zero-order chi connectivity index (χ0) is 16.5. The molecule has 0 aromatic carbocycles. The lowest BCUT2D eigenvalue weighted by Gasteiger charge is -2.23. The Bertz CT molecular complexity index is 461. The van der Waals surface area contributed by atoms with Gasteiger partial charge in [-0.2, -0.15) is 5.10 Å². The second-order valence-electron chi connectivity index (χ2n) is 5.50. The third kappa shape index (κ3) is 5.48. The minimum absolute atomic E-state index is 0.0209. The monoisotopic (exact) mass is 309 g/mol. The Kier molecular flexibility index (Phi) is 7.59. The number of carbonyl (C=O) groups excluding carboxylic acids is 2. The molecule has 0 aliphatic rings. The van der Waals surface area contributed by atoms with Crippen LogP contribution in [-0.4, -0.2) is 52.7 Å². The number of likely N-dealkylation sites (N-methyl/N-ethyl adjacent to an activating group) is 1. The number of unbranched alkanes of at least 4 members (excludes halogenated alkanes) is 1. The largest absolute Gasteiger partial charge is 0.351 e. The van der Waals surface area contributed by atoms with Gasteiger partial charge in [-0.25, -0.2) is 0 Å². The molecule has 7 heteroatoms. The lowest BCUT2D eigenvalue weighted by atomic mass is 10.1. The van der Waals surface area contributed by atoms with Gasteiger partial charge in [-0.15, -0.1) is 0 Å². The van der Waals surface area contributed by atoms with E-state index in [1.165, 1.54) is 4.90 Å². The van der Waals surface area contributed by atoms with E-state index in [1.54, 1.807) is 37.1 Å². The first-order chi connectivity index (χ1) is 10.5. The molecule has 124 valence electrons. The Morgan fingerprint density at radius 1 is 1.45 bits per heavy atom. The lowest BCUT2D eigenvalue weighted by Crippen LogP contribution is -2.46. The van der Waals surface area contributed by atoms with Crippen LogP contribution in [0.5, 0.6) is 0 Å². The topological polar surface area (TPSA) is 93.3 Å². The molecule has 0 radical (unpaired) electrons. The normalized spacial score (nSPS) is 13.5. The van der Waals surface area contributed by atoms with Crippen LogP contribution in [0.15, 0.2) is 18.5 Å². The molecule has 7 nitrogen and oxygen atoms in total. The second kappa shape index (κ2) is 9.19. The highest BCUT2D eigenvalue weighted by Crippen LogP contribution is 2.07. The Balaban J connectivity index is 2.47. The fraction of sp³-hybridized carbons (Fsp3) is 0.667. The smallest absolute Gasteiger partial charge is 0.247 e. The van der Waals surface area contributed by atoms with Gasteiger partial charge in [0.15, 0.2) is 0 Å². The predicted octanol–water partition coefficient (Wildman–Crippen LogP) is 0.536. The number of amides is 2. The van der Waals surface area contributed by atoms with Crippen LogP contribution >= 0.6 is 0 Å². The maximum Gasteiger partial charge on any atom is 0.247 e. The lowest BCUT2D eigenvalue weighted by molar-refractivity contribution is -0.137. The fourth-order valence-electron chi connectivity index (χ4n) is 2.21. The molecule has 22 heavy (non-hydrogen) atoms. The van der Waals surface area contributed by atoms with E-state index in [9.17, 15) is 9.59 Å². The van der Waals surface area contributed by atoms with Crippen molar-refractivity contribution in [2.45, 2.75) is 45.2 Å². The molecular weight excluding hydrogens is 282 g/mol. The number of hydrogen-bond donors (Lipinski definition) is 2. The molecule has 0 bridgehead atoms. The number of nitrogens with one attached hydrogen (secondary N) is 1. The van der Waals surface area contributed by atoms with E-state index in [0.29, 0.717) is 6.54 Å². The van der Waals surface area contributed by atoms with Gasteiger partial charge in [0.05, 0.1) is 6.54 Å². The molecule has 2 atom stereocenters. The van der Waals surface area contributed by atoms with Crippen LogP contribution < -0.4 is 11.1 Å². The predicted molar refractivity (Wildman–Crippen MR) is 85.1 cm³/mol. The highest BCUT2D eigenvalue weighted by Gasteiger charge is 2.21. The minimum Gasteiger partial charge on any atom is -0.351 e. The molecule has 1 aromatic rings. The SMILES string of the molecule is CCCCC(CN)NC(=O)CN(C)C(=O)C(C)n1cccn1. The molecule has 1 heterocycles. The van der Waals surface area contributed by atoms with Gasteiger partial charge in [0.25, 0.3) is 0 Å². The highest BCUT2D eigenvalue weighted by atomic mass is 16.2. The molecule has 1 aromatic heterocycles. The van der Waals surface area contributed by atoms with Crippen LogP contribution in [0.4, 0.5) is 0 Å². The van der Waals surface area contributed by atoms with E-state index >= 15 is 0 Å². The van der Waals surface area contributed by atoms with Crippen molar-refractivity contribution in [1.29, 1.82) is 0 Å². The van der Waals surface area contributed by atoms with Gasteiger partial charge in [0.2, 0.25) is 11.8 Å². The number of carbonyl (C=O) groups is 2. The van der Waals surface area contributed by atoms with Gasteiger partial charge in [0.1, 0.15) is 6.04 Å². The zero-order valence-electron chi connectivity index (χ0n) is 13.7. The summed E-state index contributed by atoms with van der Waals surface area (Å²) in [6.45, 7) is 4.28. The fourth-order valence-corrected chi connectivity index (χ4v) is 2.21. The first-order valence-corrected chi connectivity index (χ1v) is 7.73. The summed E-state index contributed by atoms with van der Waals surface area (Å²) in [6, 6.07) is 1.30. The number of nitrogens with zero attached hydrogens (tertiary/aromatic N) is 3. The summed E-state index contributed by atoms with van der Waals surface area (Å²) < 4.78 is 1.57. The van der Waals surface area contributed by atoms with Crippen molar-refractivity contribution in [1.82, 2.24) is 20.0 Å². The van der Waals surface area contributed by atoms with E-state index in [1.807, 2.05) is 0 Å². The van der Waals surface area contributed by atoms with Crippen molar-refractivity contribution in [3.05, 3.63) is 18.5 Å². The second-order valence-corrected chi connectivity index (χ2v) is 5.50. The number of aromatic nitrogens is 2. The summed E-state index contributed by atoms with van der Waals surface area (Å²) in [4.78, 5) is 25.7. The third-order valence-corrected chi connectivity index (χ3v) is 3.59. The van der Waals surface area contributed by atoms with Gasteiger partial charge in [0, 0.05) is 32.0 Å². The first-order valence-electron chi connectivity index (χ1n) is 7.73. The third-order valence-electron chi connectivity index (χ3n) is 3.59. The number of rotatable bonds is 9. The van der Waals surface area contributed by atoms with Gasteiger partial charge < -0.3 is 16.0 Å². The highest BCUT2D eigenvalue weighted by molar-refractivity contribution is 5.86. The van der Waals surface area contributed by atoms with Crippen LogP contribution in [0.1, 0.15) is 39.2 Å². The van der Waals surface area contributed by atoms with Gasteiger partial charge in [-0.05, 0) is 19.4 Å². The Morgan fingerprint density at radius 3 is 2.73 bits per heavy atom. The average Bonchev–Trinajstić information content (AvgIpc) is 3.03. The summed E-state index contributed by atoms with van der Waals surface area (Å²) in [5.74, 6) is -0.341. The van der Waals surface area contributed by atoms with E-state index in [0.717, 1.165) is 19.3 Å². The molecule has 2 unspecified atom stereocenters. The molecule has 1 rings (SSSR count). The first kappa shape index (κ1) is 18.2. The van der Waals surface area contributed by atoms with E-state index in [2.05, 4.69) is 17.3 Å². The number of nitrogens with two attached hydrogens (primary N) is 1. The maximum absolute atomic E-state index is 12.3. The minimum atomic E-state index is -0.432. The summed E-state index contributed by atoms with van der Waals surface area (Å²) in [6.07, 6.45) is 6.29. The van der Waals surface area contributed by atoms with Crippen molar-refractivity contribution in [2.75, 3.05) is 20.1 Å². The molecule has 0 saturated carbocycles. The van der Waals surface area contributed by atoms with E-state index < -0.39 is 6.04 Å². The Hall–Kier alpha value is -1.89. The molecule has 0 spiro atoms. The quantitative estimate of drug-likeness (QED) is 0.696. The average molecular weight is 309 g/mol. The molecule has 0 aliphatic heterocycles. The molecule has 0 aliphatic carbocycles. The van der Waals surface area contributed by atoms with Crippen LogP contribution in [-0.2, 0) is 9.59 Å². The van der Waals surface area contributed by atoms with Gasteiger partial charge in [-0.1, -0.05) is 19.8 Å². The van der Waals surface area contributed by atoms with E-state index in [4.69, 9.17) is 5.73 Å². The van der Waals surface area contributed by atoms with Gasteiger partial charge >= 0.3 is 0 Å².